The van der Waals surface area contributed by atoms with Gasteiger partial charge in [-0.3, -0.25) is 9.79 Å². The summed E-state index contributed by atoms with van der Waals surface area (Å²) < 4.78 is 4.65. The monoisotopic (exact) mass is 491 g/mol. The number of likely N-dealkylation sites (tertiary alicyclic amines) is 1. The van der Waals surface area contributed by atoms with Crippen LogP contribution in [-0.4, -0.2) is 56.4 Å². The number of hydrogen-bond donors (Lipinski definition) is 1. The zero-order valence-corrected chi connectivity index (χ0v) is 18.8. The lowest BCUT2D eigenvalue weighted by Gasteiger charge is -2.21. The smallest absolute Gasteiger partial charge is 0.305 e. The first-order chi connectivity index (χ1) is 12.2. The van der Waals surface area contributed by atoms with Crippen molar-refractivity contribution in [2.24, 2.45) is 10.9 Å². The number of benzene rings is 1. The van der Waals surface area contributed by atoms with Crippen LogP contribution in [0.25, 0.3) is 0 Å². The van der Waals surface area contributed by atoms with Gasteiger partial charge in [0.15, 0.2) is 5.96 Å². The Bertz CT molecular complexity index is 557. The second-order valence-electron chi connectivity index (χ2n) is 6.23. The lowest BCUT2D eigenvalue weighted by atomic mass is 10.2. The van der Waals surface area contributed by atoms with E-state index < -0.39 is 0 Å². The number of halogens is 1. The SMILES string of the molecule is CN=C(NCCCCC(=O)OC)N1CCC(CSc2ccccc2)C1.I. The number of guanidine groups is 1. The maximum atomic E-state index is 11.1. The molecule has 5 nitrogen and oxygen atoms in total. The number of ether oxygens (including phenoxy) is 1. The lowest BCUT2D eigenvalue weighted by molar-refractivity contribution is -0.140. The number of hydrogen-bond acceptors (Lipinski definition) is 4. The van der Waals surface area contributed by atoms with Gasteiger partial charge < -0.3 is 15.0 Å². The summed E-state index contributed by atoms with van der Waals surface area (Å²) in [6.07, 6.45) is 3.48. The van der Waals surface area contributed by atoms with Crippen molar-refractivity contribution in [2.45, 2.75) is 30.6 Å². The van der Waals surface area contributed by atoms with E-state index in [0.717, 1.165) is 44.2 Å². The molecule has 7 heteroatoms. The highest BCUT2D eigenvalue weighted by Gasteiger charge is 2.24. The van der Waals surface area contributed by atoms with Crippen LogP contribution in [0.5, 0.6) is 0 Å². The molecule has 0 radical (unpaired) electrons. The number of unbranched alkanes of at least 4 members (excludes halogenated alkanes) is 1. The highest BCUT2D eigenvalue weighted by Crippen LogP contribution is 2.25. The molecule has 0 amide bonds. The highest BCUT2D eigenvalue weighted by molar-refractivity contribution is 14.0. The van der Waals surface area contributed by atoms with E-state index in [1.54, 1.807) is 0 Å². The Balaban J connectivity index is 0.00000338. The Hall–Kier alpha value is -0.960. The number of carbonyl (C=O) groups excluding carboxylic acids is 1. The van der Waals surface area contributed by atoms with Crippen molar-refractivity contribution < 1.29 is 9.53 Å². The Morgan fingerprint density at radius 3 is 2.81 bits per heavy atom. The molecule has 0 spiro atoms. The normalized spacial score (nSPS) is 16.9. The predicted molar refractivity (Wildman–Crippen MR) is 119 cm³/mol. The molecule has 1 fully saturated rings. The number of methoxy groups -OCH3 is 1. The molecule has 1 aliphatic heterocycles. The first-order valence-corrected chi connectivity index (χ1v) is 9.91. The third kappa shape index (κ3) is 8.16. The van der Waals surface area contributed by atoms with Crippen molar-refractivity contribution in [3.05, 3.63) is 30.3 Å². The van der Waals surface area contributed by atoms with Crippen LogP contribution in [0.3, 0.4) is 0 Å². The van der Waals surface area contributed by atoms with Crippen molar-refractivity contribution in [1.29, 1.82) is 0 Å². The number of aliphatic imine (C=N–C) groups is 1. The van der Waals surface area contributed by atoms with Gasteiger partial charge in [0.1, 0.15) is 0 Å². The van der Waals surface area contributed by atoms with Crippen molar-refractivity contribution >= 4 is 47.7 Å². The molecule has 1 aliphatic rings. The Labute approximate surface area is 178 Å². The molecule has 0 aromatic heterocycles. The number of nitrogens with zero attached hydrogens (tertiary/aromatic N) is 2. The molecule has 0 saturated carbocycles. The largest absolute Gasteiger partial charge is 0.469 e. The molecule has 1 N–H and O–H groups in total. The summed E-state index contributed by atoms with van der Waals surface area (Å²) in [6.45, 7) is 2.95. The van der Waals surface area contributed by atoms with Crippen LogP contribution in [-0.2, 0) is 9.53 Å². The number of carbonyl (C=O) groups is 1. The van der Waals surface area contributed by atoms with Crippen LogP contribution in [0.4, 0.5) is 0 Å². The highest BCUT2D eigenvalue weighted by atomic mass is 127. The van der Waals surface area contributed by atoms with Crippen molar-refractivity contribution in [1.82, 2.24) is 10.2 Å². The molecule has 1 aromatic rings. The van der Waals surface area contributed by atoms with Crippen molar-refractivity contribution in [3.8, 4) is 0 Å². The van der Waals surface area contributed by atoms with Gasteiger partial charge >= 0.3 is 5.97 Å². The predicted octanol–water partition coefficient (Wildman–Crippen LogP) is 3.64. The van der Waals surface area contributed by atoms with E-state index in [-0.39, 0.29) is 29.9 Å². The molecule has 26 heavy (non-hydrogen) atoms. The Kier molecular flexibility index (Phi) is 11.8. The fraction of sp³-hybridized carbons (Fsp3) is 0.579. The summed E-state index contributed by atoms with van der Waals surface area (Å²) in [5, 5.41) is 3.41. The summed E-state index contributed by atoms with van der Waals surface area (Å²) in [7, 11) is 3.27. The molecule has 1 atom stereocenters. The average molecular weight is 491 g/mol. The van der Waals surface area contributed by atoms with E-state index >= 15 is 0 Å². The van der Waals surface area contributed by atoms with Crippen LogP contribution in [0.2, 0.25) is 0 Å². The zero-order chi connectivity index (χ0) is 17.9. The standard InChI is InChI=1S/C19H29N3O2S.HI/c1-20-19(21-12-7-6-10-18(23)24-2)22-13-11-16(14-22)15-25-17-8-4-3-5-9-17;/h3-5,8-9,16H,6-7,10-15H2,1-2H3,(H,20,21);1H. The van der Waals surface area contributed by atoms with Gasteiger partial charge in [-0.2, -0.15) is 0 Å². The zero-order valence-electron chi connectivity index (χ0n) is 15.6. The van der Waals surface area contributed by atoms with Crippen LogP contribution < -0.4 is 5.32 Å². The second-order valence-corrected chi connectivity index (χ2v) is 7.33. The Morgan fingerprint density at radius 2 is 2.12 bits per heavy atom. The minimum atomic E-state index is -0.136. The van der Waals surface area contributed by atoms with Crippen LogP contribution in [0.1, 0.15) is 25.7 Å². The molecule has 2 rings (SSSR count). The number of nitrogens with one attached hydrogen (secondary N) is 1. The van der Waals surface area contributed by atoms with Gasteiger partial charge in [0.05, 0.1) is 7.11 Å². The summed E-state index contributed by atoms with van der Waals surface area (Å²) in [5.41, 5.74) is 0. The maximum Gasteiger partial charge on any atom is 0.305 e. The van der Waals surface area contributed by atoms with E-state index in [1.807, 2.05) is 18.8 Å². The number of thioether (sulfide) groups is 1. The Morgan fingerprint density at radius 1 is 1.35 bits per heavy atom. The third-order valence-electron chi connectivity index (χ3n) is 4.34. The molecule has 0 bridgehead atoms. The number of rotatable bonds is 8. The van der Waals surface area contributed by atoms with Gasteiger partial charge in [-0.15, -0.1) is 35.7 Å². The van der Waals surface area contributed by atoms with Gasteiger partial charge in [-0.25, -0.2) is 0 Å². The van der Waals surface area contributed by atoms with Gasteiger partial charge in [0.2, 0.25) is 0 Å². The number of esters is 1. The van der Waals surface area contributed by atoms with Crippen LogP contribution >= 0.6 is 35.7 Å². The van der Waals surface area contributed by atoms with Gasteiger partial charge in [-0.05, 0) is 37.3 Å². The van der Waals surface area contributed by atoms with E-state index in [4.69, 9.17) is 0 Å². The van der Waals surface area contributed by atoms with Crippen molar-refractivity contribution in [3.63, 3.8) is 0 Å². The fourth-order valence-corrected chi connectivity index (χ4v) is 3.97. The van der Waals surface area contributed by atoms with Gasteiger partial charge in [-0.1, -0.05) is 18.2 Å². The molecular weight excluding hydrogens is 461 g/mol. The second kappa shape index (κ2) is 13.2. The summed E-state index contributed by atoms with van der Waals surface area (Å²) in [4.78, 5) is 19.2. The third-order valence-corrected chi connectivity index (χ3v) is 5.59. The molecule has 0 aliphatic carbocycles. The molecule has 1 unspecified atom stereocenters. The maximum absolute atomic E-state index is 11.1. The van der Waals surface area contributed by atoms with Crippen molar-refractivity contribution in [2.75, 3.05) is 39.5 Å². The summed E-state index contributed by atoms with van der Waals surface area (Å²) in [5.74, 6) is 2.69. The molecular formula is C19H30IN3O2S. The minimum absolute atomic E-state index is 0. The molecule has 1 saturated heterocycles. The molecule has 146 valence electrons. The quantitative estimate of drug-likeness (QED) is 0.150. The van der Waals surface area contributed by atoms with Gasteiger partial charge in [0, 0.05) is 43.8 Å². The fourth-order valence-electron chi connectivity index (χ4n) is 2.92. The van der Waals surface area contributed by atoms with E-state index in [0.29, 0.717) is 12.3 Å². The van der Waals surface area contributed by atoms with Crippen LogP contribution in [0.15, 0.2) is 40.2 Å². The average Bonchev–Trinajstić information content (AvgIpc) is 3.12. The molecule has 1 heterocycles. The van der Waals surface area contributed by atoms with E-state index in [1.165, 1.54) is 18.4 Å². The lowest BCUT2D eigenvalue weighted by Crippen LogP contribution is -2.40. The van der Waals surface area contributed by atoms with Crippen LogP contribution in [0, 0.1) is 5.92 Å². The first kappa shape index (κ1) is 23.1. The summed E-state index contributed by atoms with van der Waals surface area (Å²) in [6, 6.07) is 10.6. The van der Waals surface area contributed by atoms with Gasteiger partial charge in [0.25, 0.3) is 0 Å². The minimum Gasteiger partial charge on any atom is -0.469 e. The van der Waals surface area contributed by atoms with E-state index in [9.17, 15) is 4.79 Å². The molecule has 1 aromatic carbocycles. The summed E-state index contributed by atoms with van der Waals surface area (Å²) >= 11 is 1.94. The topological polar surface area (TPSA) is 53.9 Å². The first-order valence-electron chi connectivity index (χ1n) is 8.93. The van der Waals surface area contributed by atoms with E-state index in [2.05, 4.69) is 50.3 Å².